The van der Waals surface area contributed by atoms with Crippen LogP contribution in [0.4, 0.5) is 0 Å². The van der Waals surface area contributed by atoms with E-state index in [1.165, 1.54) is 0 Å². The Morgan fingerprint density at radius 1 is 1.40 bits per heavy atom. The first-order valence-electron chi connectivity index (χ1n) is 9.31. The van der Waals surface area contributed by atoms with Gasteiger partial charge in [-0.2, -0.15) is 4.98 Å². The molecule has 1 amide bonds. The highest BCUT2D eigenvalue weighted by Gasteiger charge is 2.58. The summed E-state index contributed by atoms with van der Waals surface area (Å²) in [4.78, 5) is 18.8. The summed E-state index contributed by atoms with van der Waals surface area (Å²) < 4.78 is 11.0. The van der Waals surface area contributed by atoms with E-state index in [1.54, 1.807) is 4.90 Å². The van der Waals surface area contributed by atoms with E-state index >= 15 is 0 Å². The van der Waals surface area contributed by atoms with Gasteiger partial charge < -0.3 is 19.5 Å². The van der Waals surface area contributed by atoms with Gasteiger partial charge in [-0.05, 0) is 50.6 Å². The average Bonchev–Trinajstić information content (AvgIpc) is 3.05. The zero-order chi connectivity index (χ0) is 18.0. The van der Waals surface area contributed by atoms with Crippen LogP contribution in [0.25, 0.3) is 0 Å². The molecule has 140 valence electrons. The lowest BCUT2D eigenvalue weighted by Gasteiger charge is -2.24. The van der Waals surface area contributed by atoms with Crippen LogP contribution in [-0.2, 0) is 16.1 Å². The van der Waals surface area contributed by atoms with Crippen LogP contribution in [0.1, 0.15) is 57.9 Å². The van der Waals surface area contributed by atoms with Gasteiger partial charge in [0.05, 0.1) is 6.54 Å². The molecule has 7 nitrogen and oxygen atoms in total. The number of amides is 1. The number of rotatable bonds is 7. The maximum Gasteiger partial charge on any atom is 0.246 e. The summed E-state index contributed by atoms with van der Waals surface area (Å²) >= 11 is 0. The Balaban J connectivity index is 1.51. The van der Waals surface area contributed by atoms with Crippen molar-refractivity contribution >= 4 is 5.91 Å². The first kappa shape index (κ1) is 18.3. The van der Waals surface area contributed by atoms with Gasteiger partial charge in [0.15, 0.2) is 5.82 Å². The number of nitrogens with zero attached hydrogens (tertiary/aromatic N) is 3. The fourth-order valence-electron chi connectivity index (χ4n) is 3.63. The molecule has 25 heavy (non-hydrogen) atoms. The third-order valence-corrected chi connectivity index (χ3v) is 5.36. The SMILES string of the molecule is CC(C)COC(C)c1noc(CN(C)C(=O)C2CC23CCNCC3)n1. The molecule has 1 saturated heterocycles. The van der Waals surface area contributed by atoms with E-state index in [9.17, 15) is 4.79 Å². The Labute approximate surface area is 149 Å². The van der Waals surface area contributed by atoms with Gasteiger partial charge in [-0.25, -0.2) is 0 Å². The van der Waals surface area contributed by atoms with Gasteiger partial charge in [0.25, 0.3) is 0 Å². The van der Waals surface area contributed by atoms with Crippen LogP contribution in [-0.4, -0.2) is 47.7 Å². The van der Waals surface area contributed by atoms with Crippen molar-refractivity contribution in [3.63, 3.8) is 0 Å². The predicted octanol–water partition coefficient (Wildman–Crippen LogP) is 2.15. The molecule has 1 spiro atoms. The van der Waals surface area contributed by atoms with Gasteiger partial charge in [0.2, 0.25) is 11.8 Å². The second-order valence-electron chi connectivity index (χ2n) is 7.98. The van der Waals surface area contributed by atoms with Crippen molar-refractivity contribution in [2.75, 3.05) is 26.7 Å². The third kappa shape index (κ3) is 4.20. The minimum atomic E-state index is -0.206. The highest BCUT2D eigenvalue weighted by Crippen LogP contribution is 2.59. The minimum Gasteiger partial charge on any atom is -0.370 e. The van der Waals surface area contributed by atoms with Crippen molar-refractivity contribution in [1.82, 2.24) is 20.4 Å². The molecule has 2 atom stereocenters. The van der Waals surface area contributed by atoms with E-state index in [2.05, 4.69) is 29.3 Å². The van der Waals surface area contributed by atoms with Gasteiger partial charge in [0, 0.05) is 19.6 Å². The first-order chi connectivity index (χ1) is 11.9. The summed E-state index contributed by atoms with van der Waals surface area (Å²) in [6, 6.07) is 0. The second-order valence-corrected chi connectivity index (χ2v) is 7.98. The average molecular weight is 350 g/mol. The molecule has 3 rings (SSSR count). The van der Waals surface area contributed by atoms with Crippen LogP contribution in [0, 0.1) is 17.3 Å². The molecule has 1 aliphatic heterocycles. The van der Waals surface area contributed by atoms with Crippen molar-refractivity contribution in [2.24, 2.45) is 17.3 Å². The largest absolute Gasteiger partial charge is 0.370 e. The molecule has 2 aliphatic rings. The number of piperidine rings is 1. The Bertz CT molecular complexity index is 595. The summed E-state index contributed by atoms with van der Waals surface area (Å²) in [5.41, 5.74) is 0.246. The van der Waals surface area contributed by atoms with E-state index < -0.39 is 0 Å². The third-order valence-electron chi connectivity index (χ3n) is 5.36. The number of hydrogen-bond donors (Lipinski definition) is 1. The van der Waals surface area contributed by atoms with Crippen molar-refractivity contribution < 1.29 is 14.1 Å². The molecule has 1 saturated carbocycles. The quantitative estimate of drug-likeness (QED) is 0.811. The number of ether oxygens (including phenoxy) is 1. The number of hydrogen-bond acceptors (Lipinski definition) is 6. The Morgan fingerprint density at radius 3 is 2.80 bits per heavy atom. The fraction of sp³-hybridized carbons (Fsp3) is 0.833. The molecule has 2 unspecified atom stereocenters. The molecule has 1 aromatic heterocycles. The molecule has 1 aromatic rings. The van der Waals surface area contributed by atoms with Gasteiger partial charge in [-0.1, -0.05) is 19.0 Å². The molecule has 0 bridgehead atoms. The number of aromatic nitrogens is 2. The highest BCUT2D eigenvalue weighted by molar-refractivity contribution is 5.82. The van der Waals surface area contributed by atoms with E-state index in [0.29, 0.717) is 30.8 Å². The summed E-state index contributed by atoms with van der Waals surface area (Å²) in [7, 11) is 1.82. The number of carbonyl (C=O) groups excluding carboxylic acids is 1. The van der Waals surface area contributed by atoms with Gasteiger partial charge in [0.1, 0.15) is 6.10 Å². The first-order valence-corrected chi connectivity index (χ1v) is 9.31. The molecular formula is C18H30N4O3. The van der Waals surface area contributed by atoms with Gasteiger partial charge >= 0.3 is 0 Å². The summed E-state index contributed by atoms with van der Waals surface area (Å²) in [5, 5.41) is 7.36. The Hall–Kier alpha value is -1.47. The minimum absolute atomic E-state index is 0.162. The van der Waals surface area contributed by atoms with Gasteiger partial charge in [-0.3, -0.25) is 4.79 Å². The van der Waals surface area contributed by atoms with Crippen molar-refractivity contribution in [3.8, 4) is 0 Å². The molecule has 2 fully saturated rings. The van der Waals surface area contributed by atoms with E-state index in [1.807, 2.05) is 14.0 Å². The van der Waals surface area contributed by atoms with Gasteiger partial charge in [-0.15, -0.1) is 0 Å². The molecule has 1 aliphatic carbocycles. The standard InChI is InChI=1S/C18H30N4O3/c1-12(2)11-24-13(3)16-20-15(25-21-16)10-22(4)17(23)14-9-18(14)5-7-19-8-6-18/h12-14,19H,5-11H2,1-4H3. The van der Waals surface area contributed by atoms with Crippen LogP contribution in [0.15, 0.2) is 4.52 Å². The number of nitrogens with one attached hydrogen (secondary N) is 1. The normalized spacial score (nSPS) is 23.0. The molecule has 1 N–H and O–H groups in total. The lowest BCUT2D eigenvalue weighted by atomic mass is 9.91. The lowest BCUT2D eigenvalue weighted by molar-refractivity contribution is -0.133. The van der Waals surface area contributed by atoms with Crippen molar-refractivity contribution in [1.29, 1.82) is 0 Å². The smallest absolute Gasteiger partial charge is 0.246 e. The van der Waals surface area contributed by atoms with Crippen LogP contribution in [0.5, 0.6) is 0 Å². The zero-order valence-corrected chi connectivity index (χ0v) is 15.7. The maximum atomic E-state index is 12.7. The molecule has 2 heterocycles. The van der Waals surface area contributed by atoms with Crippen molar-refractivity contribution in [3.05, 3.63) is 11.7 Å². The predicted molar refractivity (Wildman–Crippen MR) is 92.6 cm³/mol. The van der Waals surface area contributed by atoms with Crippen LogP contribution in [0.3, 0.4) is 0 Å². The van der Waals surface area contributed by atoms with Crippen LogP contribution in [0.2, 0.25) is 0 Å². The topological polar surface area (TPSA) is 80.5 Å². The Kier molecular flexibility index (Phi) is 5.43. The molecule has 7 heteroatoms. The monoisotopic (exact) mass is 350 g/mol. The molecular weight excluding hydrogens is 320 g/mol. The zero-order valence-electron chi connectivity index (χ0n) is 15.7. The molecule has 0 radical (unpaired) electrons. The van der Waals surface area contributed by atoms with Crippen LogP contribution < -0.4 is 5.32 Å². The van der Waals surface area contributed by atoms with Crippen LogP contribution >= 0.6 is 0 Å². The number of carbonyl (C=O) groups is 1. The van der Waals surface area contributed by atoms with E-state index in [4.69, 9.17) is 9.26 Å². The molecule has 0 aromatic carbocycles. The maximum absolute atomic E-state index is 12.7. The second kappa shape index (κ2) is 7.41. The van der Waals surface area contributed by atoms with Crippen molar-refractivity contribution in [2.45, 2.75) is 52.7 Å². The summed E-state index contributed by atoms with van der Waals surface area (Å²) in [6.07, 6.45) is 3.02. The lowest BCUT2D eigenvalue weighted by Crippen LogP contribution is -2.34. The fourth-order valence-corrected chi connectivity index (χ4v) is 3.63. The van der Waals surface area contributed by atoms with E-state index in [0.717, 1.165) is 32.4 Å². The Morgan fingerprint density at radius 2 is 2.12 bits per heavy atom. The van der Waals surface area contributed by atoms with E-state index in [-0.39, 0.29) is 23.3 Å². The summed E-state index contributed by atoms with van der Waals surface area (Å²) in [5.74, 6) is 1.82. The highest BCUT2D eigenvalue weighted by atomic mass is 16.5. The summed E-state index contributed by atoms with van der Waals surface area (Å²) in [6.45, 7) is 9.17.